The van der Waals surface area contributed by atoms with Gasteiger partial charge in [-0.1, -0.05) is 12.1 Å². The molecular weight excluding hydrogens is 202 g/mol. The smallest absolute Gasteiger partial charge is 0.164 e. The zero-order chi connectivity index (χ0) is 11.8. The van der Waals surface area contributed by atoms with Crippen LogP contribution in [0.4, 0.5) is 0 Å². The second kappa shape index (κ2) is 3.98. The summed E-state index contributed by atoms with van der Waals surface area (Å²) >= 11 is 0. The number of phenolic OH excluding ortho intramolecular Hbond substituents is 1. The van der Waals surface area contributed by atoms with Gasteiger partial charge in [-0.15, -0.1) is 0 Å². The number of benzene rings is 1. The van der Waals surface area contributed by atoms with Gasteiger partial charge in [0.1, 0.15) is 6.61 Å². The molecule has 0 bridgehead atoms. The Morgan fingerprint density at radius 2 is 2.12 bits per heavy atom. The fourth-order valence-electron chi connectivity index (χ4n) is 2.11. The number of phenols is 1. The quantitative estimate of drug-likeness (QED) is 0.763. The minimum atomic E-state index is 0.0857. The molecule has 1 aromatic rings. The van der Waals surface area contributed by atoms with Gasteiger partial charge < -0.3 is 15.2 Å². The summed E-state index contributed by atoms with van der Waals surface area (Å²) in [5, 5.41) is 13.1. The number of hydrogen-bond donors (Lipinski definition) is 2. The molecule has 0 aromatic heterocycles. The molecular formula is C13H19NO2. The van der Waals surface area contributed by atoms with Crippen LogP contribution in [0.25, 0.3) is 0 Å². The summed E-state index contributed by atoms with van der Waals surface area (Å²) < 4.78 is 5.60. The molecule has 3 heteroatoms. The van der Waals surface area contributed by atoms with Crippen molar-refractivity contribution in [2.45, 2.75) is 38.8 Å². The third kappa shape index (κ3) is 2.47. The fourth-order valence-corrected chi connectivity index (χ4v) is 2.11. The van der Waals surface area contributed by atoms with Gasteiger partial charge in [0.25, 0.3) is 0 Å². The first-order valence-corrected chi connectivity index (χ1v) is 5.67. The SMILES string of the molecule is CC(C)(C)NC1COc2c(O)cccc2C1. The van der Waals surface area contributed by atoms with Crippen LogP contribution in [0.5, 0.6) is 11.5 Å². The zero-order valence-electron chi connectivity index (χ0n) is 10.1. The van der Waals surface area contributed by atoms with Crippen LogP contribution in [0, 0.1) is 0 Å². The highest BCUT2D eigenvalue weighted by Gasteiger charge is 2.24. The molecule has 1 unspecified atom stereocenters. The van der Waals surface area contributed by atoms with Crippen LogP contribution in [0.1, 0.15) is 26.3 Å². The molecule has 1 heterocycles. The third-order valence-electron chi connectivity index (χ3n) is 2.61. The van der Waals surface area contributed by atoms with E-state index < -0.39 is 0 Å². The van der Waals surface area contributed by atoms with E-state index in [1.807, 2.05) is 12.1 Å². The summed E-state index contributed by atoms with van der Waals surface area (Å²) in [5.74, 6) is 0.890. The summed E-state index contributed by atoms with van der Waals surface area (Å²) in [6.07, 6.45) is 0.904. The van der Waals surface area contributed by atoms with E-state index in [1.54, 1.807) is 6.07 Å². The van der Waals surface area contributed by atoms with Crippen LogP contribution in [0.15, 0.2) is 18.2 Å². The van der Waals surface area contributed by atoms with Crippen LogP contribution < -0.4 is 10.1 Å². The number of rotatable bonds is 1. The number of nitrogens with one attached hydrogen (secondary N) is 1. The molecule has 0 saturated carbocycles. The van der Waals surface area contributed by atoms with Crippen molar-refractivity contribution in [2.24, 2.45) is 0 Å². The number of fused-ring (bicyclic) bond motifs is 1. The molecule has 16 heavy (non-hydrogen) atoms. The molecule has 1 aliphatic rings. The Bertz CT molecular complexity index is 382. The summed E-state index contributed by atoms with van der Waals surface area (Å²) in [5.41, 5.74) is 1.16. The maximum Gasteiger partial charge on any atom is 0.164 e. The largest absolute Gasteiger partial charge is 0.504 e. The topological polar surface area (TPSA) is 41.5 Å². The van der Waals surface area contributed by atoms with Gasteiger partial charge in [0.15, 0.2) is 11.5 Å². The van der Waals surface area contributed by atoms with Crippen LogP contribution >= 0.6 is 0 Å². The molecule has 1 aliphatic heterocycles. The Hall–Kier alpha value is -1.22. The van der Waals surface area contributed by atoms with Crippen molar-refractivity contribution in [3.63, 3.8) is 0 Å². The van der Waals surface area contributed by atoms with E-state index in [9.17, 15) is 5.11 Å². The average molecular weight is 221 g/mol. The van der Waals surface area contributed by atoms with Gasteiger partial charge in [-0.2, -0.15) is 0 Å². The highest BCUT2D eigenvalue weighted by molar-refractivity contribution is 5.47. The minimum absolute atomic E-state index is 0.0857. The van der Waals surface area contributed by atoms with Gasteiger partial charge in [-0.3, -0.25) is 0 Å². The fraction of sp³-hybridized carbons (Fsp3) is 0.538. The van der Waals surface area contributed by atoms with Crippen LogP contribution in [-0.2, 0) is 6.42 Å². The van der Waals surface area contributed by atoms with E-state index in [1.165, 1.54) is 0 Å². The maximum atomic E-state index is 9.63. The highest BCUT2D eigenvalue weighted by atomic mass is 16.5. The standard InChI is InChI=1S/C13H19NO2/c1-13(2,3)14-10-7-9-5-4-6-11(15)12(9)16-8-10/h4-6,10,14-15H,7-8H2,1-3H3. The molecule has 2 rings (SSSR count). The van der Waals surface area contributed by atoms with E-state index in [-0.39, 0.29) is 11.3 Å². The monoisotopic (exact) mass is 221 g/mol. The molecule has 1 atom stereocenters. The molecule has 1 aromatic carbocycles. The number of aromatic hydroxyl groups is 1. The predicted octanol–water partition coefficient (Wildman–Crippen LogP) is 2.08. The van der Waals surface area contributed by atoms with Gasteiger partial charge in [0.05, 0.1) is 0 Å². The van der Waals surface area contributed by atoms with Crippen LogP contribution in [0.2, 0.25) is 0 Å². The molecule has 0 amide bonds. The minimum Gasteiger partial charge on any atom is -0.504 e. The second-order valence-electron chi connectivity index (χ2n) is 5.37. The van der Waals surface area contributed by atoms with Gasteiger partial charge in [0.2, 0.25) is 0 Å². The molecule has 0 aliphatic carbocycles. The van der Waals surface area contributed by atoms with Crippen LogP contribution in [-0.4, -0.2) is 23.3 Å². The zero-order valence-corrected chi connectivity index (χ0v) is 10.1. The van der Waals surface area contributed by atoms with Crippen molar-refractivity contribution >= 4 is 0 Å². The lowest BCUT2D eigenvalue weighted by Gasteiger charge is -2.32. The Morgan fingerprint density at radius 3 is 2.81 bits per heavy atom. The molecule has 0 spiro atoms. The molecule has 0 fully saturated rings. The van der Waals surface area contributed by atoms with Gasteiger partial charge >= 0.3 is 0 Å². The molecule has 2 N–H and O–H groups in total. The second-order valence-corrected chi connectivity index (χ2v) is 5.37. The molecule has 88 valence electrons. The van der Waals surface area contributed by atoms with Crippen molar-refractivity contribution in [1.82, 2.24) is 5.32 Å². The van der Waals surface area contributed by atoms with Gasteiger partial charge in [0, 0.05) is 11.6 Å². The number of ether oxygens (including phenoxy) is 1. The van der Waals surface area contributed by atoms with Crippen molar-refractivity contribution in [3.8, 4) is 11.5 Å². The first kappa shape index (κ1) is 11.3. The molecule has 3 nitrogen and oxygen atoms in total. The Labute approximate surface area is 96.4 Å². The molecule has 0 saturated heterocycles. The Morgan fingerprint density at radius 1 is 1.38 bits per heavy atom. The van der Waals surface area contributed by atoms with Crippen molar-refractivity contribution < 1.29 is 9.84 Å². The lowest BCUT2D eigenvalue weighted by molar-refractivity contribution is 0.205. The van der Waals surface area contributed by atoms with Crippen molar-refractivity contribution in [3.05, 3.63) is 23.8 Å². The van der Waals surface area contributed by atoms with E-state index in [2.05, 4.69) is 26.1 Å². The normalized spacial score (nSPS) is 20.1. The van der Waals surface area contributed by atoms with Gasteiger partial charge in [-0.05, 0) is 38.8 Å². The van der Waals surface area contributed by atoms with E-state index in [0.29, 0.717) is 18.4 Å². The van der Waals surface area contributed by atoms with E-state index in [4.69, 9.17) is 4.74 Å². The van der Waals surface area contributed by atoms with E-state index >= 15 is 0 Å². The number of para-hydroxylation sites is 1. The predicted molar refractivity (Wildman–Crippen MR) is 64.0 cm³/mol. The van der Waals surface area contributed by atoms with Gasteiger partial charge in [-0.25, -0.2) is 0 Å². The first-order chi connectivity index (χ1) is 7.46. The van der Waals surface area contributed by atoms with Crippen molar-refractivity contribution in [1.29, 1.82) is 0 Å². The van der Waals surface area contributed by atoms with E-state index in [0.717, 1.165) is 12.0 Å². The number of hydrogen-bond acceptors (Lipinski definition) is 3. The maximum absolute atomic E-state index is 9.63. The Kier molecular flexibility index (Phi) is 2.80. The average Bonchev–Trinajstić information content (AvgIpc) is 2.15. The highest BCUT2D eigenvalue weighted by Crippen LogP contribution is 2.33. The first-order valence-electron chi connectivity index (χ1n) is 5.67. The third-order valence-corrected chi connectivity index (χ3v) is 2.61. The lowest BCUT2D eigenvalue weighted by Crippen LogP contribution is -2.48. The molecule has 0 radical (unpaired) electrons. The summed E-state index contributed by atoms with van der Waals surface area (Å²) in [6.45, 7) is 7.04. The summed E-state index contributed by atoms with van der Waals surface area (Å²) in [6, 6.07) is 5.84. The van der Waals surface area contributed by atoms with Crippen LogP contribution in [0.3, 0.4) is 0 Å². The Balaban J connectivity index is 2.12. The summed E-state index contributed by atoms with van der Waals surface area (Å²) in [4.78, 5) is 0. The lowest BCUT2D eigenvalue weighted by atomic mass is 9.99. The summed E-state index contributed by atoms with van der Waals surface area (Å²) in [7, 11) is 0. The van der Waals surface area contributed by atoms with Crippen molar-refractivity contribution in [2.75, 3.05) is 6.61 Å².